The molecule has 208 valence electrons. The Morgan fingerprint density at radius 1 is 0.811 bits per heavy atom. The number of benzene rings is 2. The normalized spacial score (nSPS) is 9.11. The Hall–Kier alpha value is -3.35. The molecule has 37 heavy (non-hydrogen) atoms. The molecule has 0 atom stereocenters. The summed E-state index contributed by atoms with van der Waals surface area (Å²) >= 11 is 0. The number of carbonyl (C=O) groups is 1. The molecule has 0 aliphatic carbocycles. The molecule has 0 aliphatic rings. The number of ether oxygens (including phenoxy) is 2. The molecule has 0 aliphatic heterocycles. The molecule has 7 nitrogen and oxygen atoms in total. The summed E-state index contributed by atoms with van der Waals surface area (Å²) < 4.78 is 13.7. The average molecular weight is 516 g/mol. The molecule has 7 heteroatoms. The van der Waals surface area contributed by atoms with Gasteiger partial charge in [-0.15, -0.1) is 5.10 Å². The van der Waals surface area contributed by atoms with Gasteiger partial charge in [0.2, 0.25) is 0 Å². The van der Waals surface area contributed by atoms with Crippen LogP contribution in [0.1, 0.15) is 88.9 Å². The number of carboxylic acid groups (broad SMARTS) is 1. The van der Waals surface area contributed by atoms with Crippen LogP contribution in [-0.2, 0) is 24.9 Å². The second-order valence-corrected chi connectivity index (χ2v) is 7.29. The van der Waals surface area contributed by atoms with Crippen molar-refractivity contribution in [1.29, 1.82) is 0 Å². The number of rotatable bonds is 7. The number of hydrogen-bond acceptors (Lipinski definition) is 5. The van der Waals surface area contributed by atoms with E-state index >= 15 is 0 Å². The van der Waals surface area contributed by atoms with Crippen molar-refractivity contribution in [3.8, 4) is 17.2 Å². The van der Waals surface area contributed by atoms with E-state index in [1.165, 1.54) is 0 Å². The van der Waals surface area contributed by atoms with E-state index in [1.54, 1.807) is 4.68 Å². The fourth-order valence-corrected chi connectivity index (χ4v) is 3.40. The highest BCUT2D eigenvalue weighted by Crippen LogP contribution is 2.34. The standard InChI is InChI=1S/C22H25N3O4.4C2H6/c1-13-6-17(10-20(26)27)7-14(2)22(13)29-19-8-15(3)21(16(4)9-19)28-12-18-11-25(5)24-23-18;4*1-2/h6-9,11H,10,12H2,1-5H3,(H,26,27);4*1-2H3. The topological polar surface area (TPSA) is 86.5 Å². The predicted molar refractivity (Wildman–Crippen MR) is 154 cm³/mol. The summed E-state index contributed by atoms with van der Waals surface area (Å²) in [4.78, 5) is 11.0. The minimum atomic E-state index is -0.846. The van der Waals surface area contributed by atoms with Crippen LogP contribution in [0.3, 0.4) is 0 Å². The summed E-state index contributed by atoms with van der Waals surface area (Å²) in [5, 5.41) is 16.9. The molecular formula is C30H49N3O4. The van der Waals surface area contributed by atoms with Crippen molar-refractivity contribution < 1.29 is 19.4 Å². The van der Waals surface area contributed by atoms with Crippen molar-refractivity contribution in [3.05, 3.63) is 64.0 Å². The number of carboxylic acids is 1. The molecule has 0 saturated carbocycles. The van der Waals surface area contributed by atoms with E-state index in [0.717, 1.165) is 45.0 Å². The van der Waals surface area contributed by atoms with Crippen molar-refractivity contribution >= 4 is 5.97 Å². The van der Waals surface area contributed by atoms with E-state index in [9.17, 15) is 4.79 Å². The molecule has 1 heterocycles. The van der Waals surface area contributed by atoms with Crippen LogP contribution in [0, 0.1) is 27.7 Å². The van der Waals surface area contributed by atoms with Crippen molar-refractivity contribution in [1.82, 2.24) is 15.0 Å². The van der Waals surface area contributed by atoms with E-state index in [4.69, 9.17) is 14.6 Å². The Bertz CT molecular complexity index is 1010. The second-order valence-electron chi connectivity index (χ2n) is 7.29. The Balaban J connectivity index is 0. The van der Waals surface area contributed by atoms with Crippen LogP contribution in [0.4, 0.5) is 0 Å². The average Bonchev–Trinajstić information content (AvgIpc) is 3.30. The van der Waals surface area contributed by atoms with Crippen LogP contribution >= 0.6 is 0 Å². The van der Waals surface area contributed by atoms with Gasteiger partial charge < -0.3 is 14.6 Å². The summed E-state index contributed by atoms with van der Waals surface area (Å²) in [5.74, 6) is 1.41. The molecule has 0 unspecified atom stereocenters. The molecule has 3 aromatic rings. The van der Waals surface area contributed by atoms with Crippen molar-refractivity contribution in [3.63, 3.8) is 0 Å². The van der Waals surface area contributed by atoms with Gasteiger partial charge in [-0.1, -0.05) is 72.7 Å². The second kappa shape index (κ2) is 19.8. The molecule has 1 N–H and O–H groups in total. The van der Waals surface area contributed by atoms with E-state index in [2.05, 4.69) is 10.3 Å². The number of aromatic nitrogens is 3. The fraction of sp³-hybridized carbons (Fsp3) is 0.500. The lowest BCUT2D eigenvalue weighted by atomic mass is 10.0. The largest absolute Gasteiger partial charge is 0.487 e. The van der Waals surface area contributed by atoms with Crippen molar-refractivity contribution in [2.75, 3.05) is 0 Å². The highest BCUT2D eigenvalue weighted by Gasteiger charge is 2.13. The van der Waals surface area contributed by atoms with Crippen LogP contribution < -0.4 is 9.47 Å². The molecule has 1 aromatic heterocycles. The highest BCUT2D eigenvalue weighted by molar-refractivity contribution is 5.70. The number of aryl methyl sites for hydroxylation is 5. The number of aliphatic carboxylic acids is 1. The van der Waals surface area contributed by atoms with Crippen molar-refractivity contribution in [2.24, 2.45) is 7.05 Å². The van der Waals surface area contributed by atoms with Crippen LogP contribution in [0.5, 0.6) is 17.2 Å². The first-order valence-corrected chi connectivity index (χ1v) is 13.3. The Kier molecular flexibility index (Phi) is 19.2. The van der Waals surface area contributed by atoms with Gasteiger partial charge in [-0.3, -0.25) is 9.48 Å². The van der Waals surface area contributed by atoms with Gasteiger partial charge in [0, 0.05) is 7.05 Å². The van der Waals surface area contributed by atoms with Gasteiger partial charge in [-0.2, -0.15) is 0 Å². The fourth-order valence-electron chi connectivity index (χ4n) is 3.40. The zero-order valence-electron chi connectivity index (χ0n) is 25.3. The smallest absolute Gasteiger partial charge is 0.307 e. The SMILES string of the molecule is CC.CC.CC.CC.Cc1cc(Oc2c(C)cc(CC(=O)O)cc2C)cc(C)c1OCc1cn(C)nn1. The molecule has 0 radical (unpaired) electrons. The first-order chi connectivity index (χ1) is 17.7. The molecule has 0 bridgehead atoms. The third-order valence-corrected chi connectivity index (χ3v) is 4.54. The van der Waals surface area contributed by atoms with Crippen LogP contribution in [-0.4, -0.2) is 26.1 Å². The number of hydrogen-bond donors (Lipinski definition) is 1. The van der Waals surface area contributed by atoms with Gasteiger partial charge in [-0.25, -0.2) is 0 Å². The molecule has 0 spiro atoms. The number of nitrogens with zero attached hydrogens (tertiary/aromatic N) is 3. The third-order valence-electron chi connectivity index (χ3n) is 4.54. The molecule has 0 saturated heterocycles. The molecule has 0 fully saturated rings. The summed E-state index contributed by atoms with van der Waals surface area (Å²) in [6, 6.07) is 7.58. The highest BCUT2D eigenvalue weighted by atomic mass is 16.5. The molecular weight excluding hydrogens is 466 g/mol. The minimum Gasteiger partial charge on any atom is -0.487 e. The molecule has 2 aromatic carbocycles. The Morgan fingerprint density at radius 3 is 1.68 bits per heavy atom. The zero-order chi connectivity index (χ0) is 29.1. The van der Waals surface area contributed by atoms with Gasteiger partial charge in [0.25, 0.3) is 0 Å². The van der Waals surface area contributed by atoms with Gasteiger partial charge in [0.05, 0.1) is 12.6 Å². The Morgan fingerprint density at radius 2 is 1.27 bits per heavy atom. The lowest BCUT2D eigenvalue weighted by molar-refractivity contribution is -0.136. The zero-order valence-corrected chi connectivity index (χ0v) is 25.3. The Labute approximate surface area is 224 Å². The lowest BCUT2D eigenvalue weighted by Crippen LogP contribution is -2.02. The van der Waals surface area contributed by atoms with Gasteiger partial charge in [-0.05, 0) is 67.6 Å². The van der Waals surface area contributed by atoms with Crippen LogP contribution in [0.25, 0.3) is 0 Å². The maximum atomic E-state index is 11.0. The van der Waals surface area contributed by atoms with Gasteiger partial charge in [0.1, 0.15) is 29.5 Å². The quantitative estimate of drug-likeness (QED) is 0.342. The third kappa shape index (κ3) is 12.0. The molecule has 3 rings (SSSR count). The van der Waals surface area contributed by atoms with Gasteiger partial charge >= 0.3 is 5.97 Å². The van der Waals surface area contributed by atoms with E-state index in [0.29, 0.717) is 12.4 Å². The molecule has 0 amide bonds. The van der Waals surface area contributed by atoms with Crippen LogP contribution in [0.15, 0.2) is 30.5 Å². The summed E-state index contributed by atoms with van der Waals surface area (Å²) in [7, 11) is 1.82. The first kappa shape index (κ1) is 35.8. The van der Waals surface area contributed by atoms with E-state index in [-0.39, 0.29) is 6.42 Å². The maximum absolute atomic E-state index is 11.0. The van der Waals surface area contributed by atoms with Crippen molar-refractivity contribution in [2.45, 2.75) is 96.1 Å². The lowest BCUT2D eigenvalue weighted by Gasteiger charge is -2.17. The van der Waals surface area contributed by atoms with E-state index < -0.39 is 5.97 Å². The van der Waals surface area contributed by atoms with E-state index in [1.807, 2.05) is 121 Å². The maximum Gasteiger partial charge on any atom is 0.307 e. The summed E-state index contributed by atoms with van der Waals surface area (Å²) in [6.07, 6.45) is 1.82. The van der Waals surface area contributed by atoms with Gasteiger partial charge in [0.15, 0.2) is 0 Å². The monoisotopic (exact) mass is 515 g/mol. The van der Waals surface area contributed by atoms with Crippen LogP contribution in [0.2, 0.25) is 0 Å². The minimum absolute atomic E-state index is 0.00198. The summed E-state index contributed by atoms with van der Waals surface area (Å²) in [5.41, 5.74) is 5.25. The first-order valence-electron chi connectivity index (χ1n) is 13.3. The predicted octanol–water partition coefficient (Wildman–Crippen LogP) is 8.15. The summed E-state index contributed by atoms with van der Waals surface area (Å²) in [6.45, 7) is 24.1.